The van der Waals surface area contributed by atoms with E-state index in [9.17, 15) is 4.79 Å². The average molecular weight is 245 g/mol. The Hall–Kier alpha value is -1.61. The maximum absolute atomic E-state index is 11.5. The van der Waals surface area contributed by atoms with E-state index in [-0.39, 0.29) is 12.0 Å². The molecule has 0 bridgehead atoms. The molecule has 1 fully saturated rings. The summed E-state index contributed by atoms with van der Waals surface area (Å²) < 4.78 is 4.76. The molecule has 1 heterocycles. The van der Waals surface area contributed by atoms with Crippen LogP contribution in [0.4, 0.5) is 0 Å². The molecule has 1 aromatic carbocycles. The van der Waals surface area contributed by atoms with Crippen molar-refractivity contribution < 1.29 is 9.53 Å². The van der Waals surface area contributed by atoms with Crippen LogP contribution in [-0.4, -0.2) is 30.6 Å². The van der Waals surface area contributed by atoms with Gasteiger partial charge >= 0.3 is 5.97 Å². The van der Waals surface area contributed by atoms with Crippen LogP contribution in [0.2, 0.25) is 0 Å². The molecule has 0 saturated carbocycles. The van der Waals surface area contributed by atoms with Gasteiger partial charge in [0.15, 0.2) is 0 Å². The van der Waals surface area contributed by atoms with Gasteiger partial charge in [-0.3, -0.25) is 4.90 Å². The number of hydrogen-bond acceptors (Lipinski definition) is 3. The Morgan fingerprint density at radius 3 is 2.83 bits per heavy atom. The molecule has 0 aliphatic carbocycles. The van der Waals surface area contributed by atoms with E-state index in [4.69, 9.17) is 4.74 Å². The van der Waals surface area contributed by atoms with Crippen LogP contribution in [0.25, 0.3) is 0 Å². The largest absolute Gasteiger partial charge is 0.466 e. The molecule has 1 atom stereocenters. The molecule has 0 radical (unpaired) electrons. The van der Waals surface area contributed by atoms with Crippen molar-refractivity contribution in [3.63, 3.8) is 0 Å². The van der Waals surface area contributed by atoms with Crippen molar-refractivity contribution in [2.75, 3.05) is 13.7 Å². The summed E-state index contributed by atoms with van der Waals surface area (Å²) in [6.45, 7) is 5.76. The Morgan fingerprint density at radius 2 is 2.17 bits per heavy atom. The molecular weight excluding hydrogens is 226 g/mol. The zero-order valence-electron chi connectivity index (χ0n) is 10.8. The highest BCUT2D eigenvalue weighted by Gasteiger charge is 2.30. The predicted molar refractivity (Wildman–Crippen MR) is 71.0 cm³/mol. The molecule has 0 amide bonds. The number of esters is 1. The molecule has 1 saturated heterocycles. The van der Waals surface area contributed by atoms with E-state index in [1.165, 1.54) is 12.7 Å². The highest BCUT2D eigenvalue weighted by atomic mass is 16.5. The summed E-state index contributed by atoms with van der Waals surface area (Å²) in [6, 6.07) is 10.4. The van der Waals surface area contributed by atoms with Gasteiger partial charge in [-0.05, 0) is 24.9 Å². The number of carbonyl (C=O) groups excluding carboxylic acids is 1. The first-order valence-corrected chi connectivity index (χ1v) is 6.27. The third-order valence-corrected chi connectivity index (χ3v) is 3.44. The second kappa shape index (κ2) is 5.83. The fourth-order valence-corrected chi connectivity index (χ4v) is 2.50. The minimum absolute atomic E-state index is 0.123. The first-order chi connectivity index (χ1) is 8.72. The molecular formula is C15H19NO2. The maximum atomic E-state index is 11.5. The van der Waals surface area contributed by atoms with Crippen molar-refractivity contribution in [3.8, 4) is 0 Å². The molecule has 1 unspecified atom stereocenters. The molecule has 3 nitrogen and oxygen atoms in total. The lowest BCUT2D eigenvalue weighted by Gasteiger charge is -2.25. The van der Waals surface area contributed by atoms with Gasteiger partial charge in [0.25, 0.3) is 0 Å². The van der Waals surface area contributed by atoms with Crippen molar-refractivity contribution in [1.82, 2.24) is 4.90 Å². The first-order valence-electron chi connectivity index (χ1n) is 6.27. The molecule has 0 N–H and O–H groups in total. The Kier molecular flexibility index (Phi) is 4.15. The Labute approximate surface area is 108 Å². The highest BCUT2D eigenvalue weighted by Crippen LogP contribution is 2.25. The number of ether oxygens (including phenoxy) is 1. The maximum Gasteiger partial charge on any atom is 0.334 e. The van der Waals surface area contributed by atoms with Crippen LogP contribution in [0.5, 0.6) is 0 Å². The van der Waals surface area contributed by atoms with Crippen LogP contribution in [-0.2, 0) is 16.1 Å². The first kappa shape index (κ1) is 12.8. The van der Waals surface area contributed by atoms with E-state index in [0.29, 0.717) is 5.57 Å². The number of nitrogens with zero attached hydrogens (tertiary/aromatic N) is 1. The lowest BCUT2D eigenvalue weighted by Crippen LogP contribution is -2.33. The van der Waals surface area contributed by atoms with Gasteiger partial charge in [-0.2, -0.15) is 0 Å². The molecule has 0 spiro atoms. The molecule has 1 aliphatic heterocycles. The van der Waals surface area contributed by atoms with E-state index in [2.05, 4.69) is 23.6 Å². The summed E-state index contributed by atoms with van der Waals surface area (Å²) >= 11 is 0. The molecule has 2 rings (SSSR count). The number of rotatable bonds is 4. The summed E-state index contributed by atoms with van der Waals surface area (Å²) in [5.74, 6) is -0.292. The number of hydrogen-bond donors (Lipinski definition) is 0. The fourth-order valence-electron chi connectivity index (χ4n) is 2.50. The zero-order valence-corrected chi connectivity index (χ0v) is 10.8. The zero-order chi connectivity index (χ0) is 13.0. The number of methoxy groups -OCH3 is 1. The van der Waals surface area contributed by atoms with Crippen LogP contribution in [0, 0.1) is 0 Å². The SMILES string of the molecule is C=C(C(=O)OC)C1CCCN1Cc1ccccc1. The van der Waals surface area contributed by atoms with Gasteiger partial charge in [0.05, 0.1) is 7.11 Å². The predicted octanol–water partition coefficient (Wildman–Crippen LogP) is 2.38. The van der Waals surface area contributed by atoms with Crippen molar-refractivity contribution in [2.45, 2.75) is 25.4 Å². The minimum atomic E-state index is -0.292. The van der Waals surface area contributed by atoms with Crippen LogP contribution in [0.15, 0.2) is 42.5 Å². The van der Waals surface area contributed by atoms with E-state index >= 15 is 0 Å². The molecule has 0 aromatic heterocycles. The number of benzene rings is 1. The summed E-state index contributed by atoms with van der Waals surface area (Å²) in [6.07, 6.45) is 2.09. The quantitative estimate of drug-likeness (QED) is 0.602. The van der Waals surface area contributed by atoms with E-state index in [0.717, 1.165) is 25.9 Å². The fraction of sp³-hybridized carbons (Fsp3) is 0.400. The van der Waals surface area contributed by atoms with Crippen molar-refractivity contribution in [2.24, 2.45) is 0 Å². The van der Waals surface area contributed by atoms with Crippen molar-refractivity contribution in [1.29, 1.82) is 0 Å². The molecule has 3 heteroatoms. The molecule has 1 aromatic rings. The summed E-state index contributed by atoms with van der Waals surface area (Å²) in [4.78, 5) is 13.8. The Bertz CT molecular complexity index is 427. The normalized spacial score (nSPS) is 19.7. The van der Waals surface area contributed by atoms with E-state index in [1.807, 2.05) is 18.2 Å². The van der Waals surface area contributed by atoms with Gasteiger partial charge < -0.3 is 4.74 Å². The second-order valence-electron chi connectivity index (χ2n) is 4.63. The molecule has 1 aliphatic rings. The summed E-state index contributed by atoms with van der Waals surface area (Å²) in [5.41, 5.74) is 1.84. The Balaban J connectivity index is 2.04. The third kappa shape index (κ3) is 2.79. The van der Waals surface area contributed by atoms with Crippen LogP contribution in [0.1, 0.15) is 18.4 Å². The number of carbonyl (C=O) groups is 1. The topological polar surface area (TPSA) is 29.5 Å². The van der Waals surface area contributed by atoms with Crippen LogP contribution >= 0.6 is 0 Å². The van der Waals surface area contributed by atoms with E-state index in [1.54, 1.807) is 0 Å². The van der Waals surface area contributed by atoms with Gasteiger partial charge in [0.1, 0.15) is 0 Å². The summed E-state index contributed by atoms with van der Waals surface area (Å²) in [5, 5.41) is 0. The van der Waals surface area contributed by atoms with E-state index < -0.39 is 0 Å². The van der Waals surface area contributed by atoms with Gasteiger partial charge in [-0.25, -0.2) is 4.79 Å². The lowest BCUT2D eigenvalue weighted by atomic mass is 10.1. The monoisotopic (exact) mass is 245 g/mol. The lowest BCUT2D eigenvalue weighted by molar-refractivity contribution is -0.136. The standard InChI is InChI=1S/C15H19NO2/c1-12(15(17)18-2)14-9-6-10-16(14)11-13-7-4-3-5-8-13/h3-5,7-8,14H,1,6,9-11H2,2H3. The molecule has 96 valence electrons. The minimum Gasteiger partial charge on any atom is -0.466 e. The molecule has 18 heavy (non-hydrogen) atoms. The van der Waals surface area contributed by atoms with Gasteiger partial charge in [0, 0.05) is 18.2 Å². The van der Waals surface area contributed by atoms with Gasteiger partial charge in [0.2, 0.25) is 0 Å². The second-order valence-corrected chi connectivity index (χ2v) is 4.63. The number of likely N-dealkylation sites (tertiary alicyclic amines) is 1. The van der Waals surface area contributed by atoms with Crippen LogP contribution < -0.4 is 0 Å². The van der Waals surface area contributed by atoms with Gasteiger partial charge in [-0.15, -0.1) is 0 Å². The van der Waals surface area contributed by atoms with Crippen LogP contribution in [0.3, 0.4) is 0 Å². The van der Waals surface area contributed by atoms with Gasteiger partial charge in [-0.1, -0.05) is 36.9 Å². The van der Waals surface area contributed by atoms with Crippen molar-refractivity contribution in [3.05, 3.63) is 48.0 Å². The average Bonchev–Trinajstić information content (AvgIpc) is 2.86. The smallest absolute Gasteiger partial charge is 0.334 e. The Morgan fingerprint density at radius 1 is 1.44 bits per heavy atom. The van der Waals surface area contributed by atoms with Crippen molar-refractivity contribution >= 4 is 5.97 Å². The highest BCUT2D eigenvalue weighted by molar-refractivity contribution is 5.89. The summed E-state index contributed by atoms with van der Waals surface area (Å²) in [7, 11) is 1.41. The third-order valence-electron chi connectivity index (χ3n) is 3.44.